The van der Waals surface area contributed by atoms with Gasteiger partial charge in [0.1, 0.15) is 6.10 Å². The number of ether oxygens (including phenoxy) is 1. The minimum absolute atomic E-state index is 0.124. The molecule has 1 fully saturated rings. The SMILES string of the molecule is [N-]=[N+]=NC[C@@H](O)[C@@H]1C[C@@H](O)C(O)O1. The topological polar surface area (TPSA) is 119 Å². The number of hydrogen-bond acceptors (Lipinski definition) is 5. The zero-order valence-corrected chi connectivity index (χ0v) is 6.82. The van der Waals surface area contributed by atoms with Crippen molar-refractivity contribution in [1.29, 1.82) is 0 Å². The molecule has 3 N–H and O–H groups in total. The van der Waals surface area contributed by atoms with Crippen LogP contribution in [0.2, 0.25) is 0 Å². The van der Waals surface area contributed by atoms with Gasteiger partial charge in [0, 0.05) is 11.3 Å². The lowest BCUT2D eigenvalue weighted by molar-refractivity contribution is -0.143. The van der Waals surface area contributed by atoms with Crippen molar-refractivity contribution in [2.24, 2.45) is 5.11 Å². The highest BCUT2D eigenvalue weighted by molar-refractivity contribution is 4.82. The van der Waals surface area contributed by atoms with Crippen LogP contribution in [0.25, 0.3) is 10.4 Å². The van der Waals surface area contributed by atoms with E-state index in [1.54, 1.807) is 0 Å². The molecule has 1 heterocycles. The van der Waals surface area contributed by atoms with Gasteiger partial charge in [0.2, 0.25) is 0 Å². The molecule has 0 aliphatic carbocycles. The smallest absolute Gasteiger partial charge is 0.181 e. The lowest BCUT2D eigenvalue weighted by Gasteiger charge is -2.14. The fourth-order valence-electron chi connectivity index (χ4n) is 1.17. The van der Waals surface area contributed by atoms with E-state index in [1.165, 1.54) is 0 Å². The minimum atomic E-state index is -1.26. The van der Waals surface area contributed by atoms with Crippen LogP contribution in [0, 0.1) is 0 Å². The molecule has 7 nitrogen and oxygen atoms in total. The largest absolute Gasteiger partial charge is 0.390 e. The van der Waals surface area contributed by atoms with Gasteiger partial charge in [0.05, 0.1) is 18.8 Å². The number of aliphatic hydroxyl groups is 3. The Kier molecular flexibility index (Phi) is 3.47. The Bertz CT molecular complexity index is 208. The average molecular weight is 189 g/mol. The van der Waals surface area contributed by atoms with Crippen molar-refractivity contribution in [3.63, 3.8) is 0 Å². The molecule has 1 unspecified atom stereocenters. The van der Waals surface area contributed by atoms with Gasteiger partial charge in [-0.3, -0.25) is 0 Å². The number of hydrogen-bond donors (Lipinski definition) is 3. The Morgan fingerprint density at radius 3 is 2.77 bits per heavy atom. The Balaban J connectivity index is 2.40. The van der Waals surface area contributed by atoms with Gasteiger partial charge in [0.25, 0.3) is 0 Å². The standard InChI is InChI=1S/C6H11N3O4/c7-9-8-2-4(11)5-1-3(10)6(12)13-5/h3-6,10-12H,1-2H2/t3-,4-,5+,6?/m1/s1. The first-order valence-electron chi connectivity index (χ1n) is 3.85. The molecule has 1 aliphatic heterocycles. The molecule has 0 aromatic carbocycles. The molecular formula is C6H11N3O4. The predicted molar refractivity (Wildman–Crippen MR) is 41.5 cm³/mol. The summed E-state index contributed by atoms with van der Waals surface area (Å²) in [4.78, 5) is 2.47. The van der Waals surface area contributed by atoms with Crippen molar-refractivity contribution < 1.29 is 20.1 Å². The Hall–Kier alpha value is -0.850. The summed E-state index contributed by atoms with van der Waals surface area (Å²) >= 11 is 0. The first-order valence-corrected chi connectivity index (χ1v) is 3.85. The molecule has 74 valence electrons. The highest BCUT2D eigenvalue weighted by Gasteiger charge is 2.36. The molecule has 0 saturated carbocycles. The molecule has 13 heavy (non-hydrogen) atoms. The molecule has 0 amide bonds. The van der Waals surface area contributed by atoms with Crippen LogP contribution in [-0.2, 0) is 4.74 Å². The second-order valence-electron chi connectivity index (χ2n) is 2.85. The van der Waals surface area contributed by atoms with Gasteiger partial charge in [0.15, 0.2) is 6.29 Å². The number of rotatable bonds is 3. The predicted octanol–water partition coefficient (Wildman–Crippen LogP) is -0.874. The third-order valence-electron chi connectivity index (χ3n) is 1.88. The molecule has 1 aliphatic rings. The molecule has 0 bridgehead atoms. The second kappa shape index (κ2) is 4.40. The summed E-state index contributed by atoms with van der Waals surface area (Å²) in [6.07, 6.45) is -3.75. The van der Waals surface area contributed by atoms with Crippen LogP contribution in [0.3, 0.4) is 0 Å². The van der Waals surface area contributed by atoms with Gasteiger partial charge in [-0.05, 0) is 5.53 Å². The fraction of sp³-hybridized carbons (Fsp3) is 1.00. The molecule has 4 atom stereocenters. The monoisotopic (exact) mass is 189 g/mol. The quantitative estimate of drug-likeness (QED) is 0.303. The van der Waals surface area contributed by atoms with Crippen LogP contribution in [0.5, 0.6) is 0 Å². The van der Waals surface area contributed by atoms with Crippen molar-refractivity contribution in [3.05, 3.63) is 10.4 Å². The maximum Gasteiger partial charge on any atom is 0.181 e. The van der Waals surface area contributed by atoms with Gasteiger partial charge in [-0.25, -0.2) is 0 Å². The summed E-state index contributed by atoms with van der Waals surface area (Å²) < 4.78 is 4.80. The van der Waals surface area contributed by atoms with E-state index in [2.05, 4.69) is 10.0 Å². The lowest BCUT2D eigenvalue weighted by Crippen LogP contribution is -2.28. The van der Waals surface area contributed by atoms with Crippen LogP contribution < -0.4 is 0 Å². The Morgan fingerprint density at radius 1 is 1.62 bits per heavy atom. The number of azide groups is 1. The summed E-state index contributed by atoms with van der Waals surface area (Å²) in [7, 11) is 0. The second-order valence-corrected chi connectivity index (χ2v) is 2.85. The van der Waals surface area contributed by atoms with Gasteiger partial charge in [-0.2, -0.15) is 0 Å². The van der Waals surface area contributed by atoms with Crippen LogP contribution in [0.15, 0.2) is 5.11 Å². The summed E-state index contributed by atoms with van der Waals surface area (Å²) in [5, 5.41) is 30.5. The summed E-state index contributed by atoms with van der Waals surface area (Å²) in [6.45, 7) is -0.124. The first kappa shape index (κ1) is 10.2. The van der Waals surface area contributed by atoms with E-state index >= 15 is 0 Å². The molecule has 1 saturated heterocycles. The van der Waals surface area contributed by atoms with Gasteiger partial charge < -0.3 is 20.1 Å². The highest BCUT2D eigenvalue weighted by Crippen LogP contribution is 2.21. The molecule has 0 aromatic rings. The zero-order chi connectivity index (χ0) is 9.84. The summed E-state index contributed by atoms with van der Waals surface area (Å²) in [5.74, 6) is 0. The van der Waals surface area contributed by atoms with Crippen molar-refractivity contribution in [2.75, 3.05) is 6.54 Å². The van der Waals surface area contributed by atoms with Crippen molar-refractivity contribution in [1.82, 2.24) is 0 Å². The third kappa shape index (κ3) is 2.55. The minimum Gasteiger partial charge on any atom is -0.390 e. The molecular weight excluding hydrogens is 178 g/mol. The van der Waals surface area contributed by atoms with Crippen LogP contribution in [0.1, 0.15) is 6.42 Å². The maximum absolute atomic E-state index is 9.30. The normalized spacial score (nSPS) is 35.5. The van der Waals surface area contributed by atoms with E-state index in [4.69, 9.17) is 20.5 Å². The van der Waals surface area contributed by atoms with Crippen LogP contribution in [0.4, 0.5) is 0 Å². The van der Waals surface area contributed by atoms with E-state index < -0.39 is 24.6 Å². The van der Waals surface area contributed by atoms with Crippen molar-refractivity contribution >= 4 is 0 Å². The zero-order valence-electron chi connectivity index (χ0n) is 6.82. The highest BCUT2D eigenvalue weighted by atomic mass is 16.6. The summed E-state index contributed by atoms with van der Waals surface area (Å²) in [6, 6.07) is 0. The average Bonchev–Trinajstić information content (AvgIpc) is 2.43. The molecule has 1 rings (SSSR count). The molecule has 0 radical (unpaired) electrons. The Morgan fingerprint density at radius 2 is 2.31 bits per heavy atom. The van der Waals surface area contributed by atoms with Gasteiger partial charge in [-0.15, -0.1) is 0 Å². The van der Waals surface area contributed by atoms with Gasteiger partial charge in [-0.1, -0.05) is 5.11 Å². The number of nitrogens with zero attached hydrogens (tertiary/aromatic N) is 3. The van der Waals surface area contributed by atoms with Crippen LogP contribution >= 0.6 is 0 Å². The maximum atomic E-state index is 9.30. The third-order valence-corrected chi connectivity index (χ3v) is 1.88. The van der Waals surface area contributed by atoms with E-state index in [1.807, 2.05) is 0 Å². The van der Waals surface area contributed by atoms with E-state index in [0.717, 1.165) is 0 Å². The van der Waals surface area contributed by atoms with Crippen LogP contribution in [-0.4, -0.2) is 46.5 Å². The van der Waals surface area contributed by atoms with Gasteiger partial charge >= 0.3 is 0 Å². The lowest BCUT2D eigenvalue weighted by atomic mass is 10.1. The van der Waals surface area contributed by atoms with Crippen molar-refractivity contribution in [3.8, 4) is 0 Å². The summed E-state index contributed by atoms with van der Waals surface area (Å²) in [5.41, 5.74) is 7.97. The molecule has 0 spiro atoms. The van der Waals surface area contributed by atoms with Crippen molar-refractivity contribution in [2.45, 2.75) is 31.0 Å². The van der Waals surface area contributed by atoms with E-state index in [0.29, 0.717) is 0 Å². The Labute approximate surface area is 74.2 Å². The molecule has 7 heteroatoms. The number of aliphatic hydroxyl groups excluding tert-OH is 3. The first-order chi connectivity index (χ1) is 6.15. The fourth-order valence-corrected chi connectivity index (χ4v) is 1.17. The molecule has 0 aromatic heterocycles. The van der Waals surface area contributed by atoms with E-state index in [-0.39, 0.29) is 13.0 Å². The van der Waals surface area contributed by atoms with E-state index in [9.17, 15) is 5.11 Å².